The van der Waals surface area contributed by atoms with Crippen LogP contribution in [0, 0.1) is 0 Å². The molecule has 0 amide bonds. The molecular weight excluding hydrogens is 285 g/mol. The normalized spacial score (nSPS) is 21.0. The molecule has 1 heterocycles. The molecule has 0 fully saturated rings. The molecule has 1 aromatic heterocycles. The smallest absolute Gasteiger partial charge is 0.273 e. The third-order valence-electron chi connectivity index (χ3n) is 2.23. The number of rotatable bonds is 1. The third-order valence-corrected chi connectivity index (χ3v) is 2.91. The van der Waals surface area contributed by atoms with Crippen LogP contribution in [-0.4, -0.2) is 15.0 Å². The van der Waals surface area contributed by atoms with E-state index >= 15 is 0 Å². The van der Waals surface area contributed by atoms with E-state index in [0.29, 0.717) is 11.3 Å². The maximum atomic E-state index is 12.3. The Morgan fingerprint density at radius 3 is 2.69 bits per heavy atom. The van der Waals surface area contributed by atoms with E-state index in [1.165, 1.54) is 0 Å². The number of nitrogens with one attached hydrogen (secondary N) is 1. The second-order valence-electron chi connectivity index (χ2n) is 3.43. The highest BCUT2D eigenvalue weighted by atomic mass is 79.9. The lowest BCUT2D eigenvalue weighted by Crippen LogP contribution is -2.04. The van der Waals surface area contributed by atoms with Gasteiger partial charge in [-0.1, -0.05) is 34.2 Å². The number of hydrogen-bond acceptors (Lipinski definition) is 1. The minimum absolute atomic E-state index is 0.247. The van der Waals surface area contributed by atoms with Crippen LogP contribution in [0.3, 0.4) is 0 Å². The van der Waals surface area contributed by atoms with Gasteiger partial charge in [0.15, 0.2) is 0 Å². The Bertz CT molecular complexity index is 445. The lowest BCUT2D eigenvalue weighted by atomic mass is 10.0. The van der Waals surface area contributed by atoms with Gasteiger partial charge in [0, 0.05) is 4.83 Å². The lowest BCUT2D eigenvalue weighted by molar-refractivity contribution is -0.141. The van der Waals surface area contributed by atoms with Gasteiger partial charge < -0.3 is 0 Å². The van der Waals surface area contributed by atoms with Crippen LogP contribution >= 0.6 is 15.9 Å². The van der Waals surface area contributed by atoms with Gasteiger partial charge >= 0.3 is 6.18 Å². The molecule has 0 saturated carbocycles. The first kappa shape index (κ1) is 11.4. The van der Waals surface area contributed by atoms with Gasteiger partial charge in [-0.3, -0.25) is 5.10 Å². The van der Waals surface area contributed by atoms with Crippen molar-refractivity contribution in [1.29, 1.82) is 0 Å². The highest BCUT2D eigenvalue weighted by Crippen LogP contribution is 2.30. The first-order valence-electron chi connectivity index (χ1n) is 4.62. The van der Waals surface area contributed by atoms with Crippen molar-refractivity contribution in [1.82, 2.24) is 10.2 Å². The summed E-state index contributed by atoms with van der Waals surface area (Å²) in [6.45, 7) is 0. The third kappa shape index (κ3) is 2.37. The van der Waals surface area contributed by atoms with Gasteiger partial charge in [-0.05, 0) is 18.1 Å². The second kappa shape index (κ2) is 4.08. The first-order chi connectivity index (χ1) is 7.47. The summed E-state index contributed by atoms with van der Waals surface area (Å²) in [5.74, 6) is 0. The Hall–Kier alpha value is -1.04. The van der Waals surface area contributed by atoms with Crippen molar-refractivity contribution in [2.45, 2.75) is 17.4 Å². The van der Waals surface area contributed by atoms with Crippen molar-refractivity contribution in [2.75, 3.05) is 0 Å². The minimum Gasteiger partial charge on any atom is -0.273 e. The van der Waals surface area contributed by atoms with Crippen molar-refractivity contribution >= 4 is 21.5 Å². The summed E-state index contributed by atoms with van der Waals surface area (Å²) in [6.07, 6.45) is 1.88. The molecule has 1 N–H and O–H groups in total. The average molecular weight is 293 g/mol. The maximum Gasteiger partial charge on any atom is 0.432 e. The van der Waals surface area contributed by atoms with Crippen molar-refractivity contribution in [3.8, 4) is 0 Å². The topological polar surface area (TPSA) is 28.7 Å². The Balaban J connectivity index is 2.24. The lowest BCUT2D eigenvalue weighted by Gasteiger charge is -2.08. The maximum absolute atomic E-state index is 12.3. The number of H-pyrrole nitrogens is 1. The van der Waals surface area contributed by atoms with Crippen LogP contribution in [0.25, 0.3) is 5.57 Å². The highest BCUT2D eigenvalue weighted by molar-refractivity contribution is 9.09. The Kier molecular flexibility index (Phi) is 2.92. The van der Waals surface area contributed by atoms with E-state index in [1.54, 1.807) is 6.08 Å². The van der Waals surface area contributed by atoms with E-state index < -0.39 is 11.9 Å². The first-order valence-corrected chi connectivity index (χ1v) is 5.54. The van der Waals surface area contributed by atoms with Gasteiger partial charge in [0.2, 0.25) is 0 Å². The Morgan fingerprint density at radius 1 is 1.44 bits per heavy atom. The minimum atomic E-state index is -4.37. The fourth-order valence-corrected chi connectivity index (χ4v) is 1.74. The second-order valence-corrected chi connectivity index (χ2v) is 4.61. The number of allylic oxidation sites excluding steroid dienone is 4. The van der Waals surface area contributed by atoms with Gasteiger partial charge in [-0.2, -0.15) is 18.3 Å². The van der Waals surface area contributed by atoms with Gasteiger partial charge in [0.1, 0.15) is 5.69 Å². The Morgan fingerprint density at radius 2 is 2.19 bits per heavy atom. The summed E-state index contributed by atoms with van der Waals surface area (Å²) in [7, 11) is 0. The van der Waals surface area contributed by atoms with Crippen LogP contribution < -0.4 is 0 Å². The van der Waals surface area contributed by atoms with E-state index in [2.05, 4.69) is 21.0 Å². The van der Waals surface area contributed by atoms with Gasteiger partial charge in [-0.15, -0.1) is 0 Å². The summed E-state index contributed by atoms with van der Waals surface area (Å²) >= 11 is 3.39. The molecule has 1 atom stereocenters. The molecule has 0 bridgehead atoms. The number of nitrogens with zero attached hydrogens (tertiary/aromatic N) is 1. The van der Waals surface area contributed by atoms with Crippen LogP contribution in [0.15, 0.2) is 24.3 Å². The fraction of sp³-hybridized carbons (Fsp3) is 0.300. The largest absolute Gasteiger partial charge is 0.432 e. The number of aromatic nitrogens is 2. The number of hydrogen-bond donors (Lipinski definition) is 1. The van der Waals surface area contributed by atoms with Gasteiger partial charge in [0.05, 0.1) is 5.69 Å². The van der Waals surface area contributed by atoms with Crippen molar-refractivity contribution < 1.29 is 13.2 Å². The fourth-order valence-electron chi connectivity index (χ4n) is 1.40. The molecule has 1 unspecified atom stereocenters. The summed E-state index contributed by atoms with van der Waals surface area (Å²) in [4.78, 5) is 0.247. The quantitative estimate of drug-likeness (QED) is 0.788. The summed E-state index contributed by atoms with van der Waals surface area (Å²) < 4.78 is 36.9. The van der Waals surface area contributed by atoms with Crippen LogP contribution in [-0.2, 0) is 6.18 Å². The van der Waals surface area contributed by atoms with E-state index in [1.807, 2.05) is 17.3 Å². The Labute approximate surface area is 98.4 Å². The molecule has 1 aliphatic carbocycles. The standard InChI is InChI=1S/C10H8BrF3N2/c11-7-3-1-6(2-4-7)8-5-9(16-15-8)10(12,13)14/h1-3,5,7H,4H2,(H,15,16). The van der Waals surface area contributed by atoms with Crippen molar-refractivity contribution in [3.63, 3.8) is 0 Å². The monoisotopic (exact) mass is 292 g/mol. The van der Waals surface area contributed by atoms with Crippen LogP contribution in [0.4, 0.5) is 13.2 Å². The average Bonchev–Trinajstić information content (AvgIpc) is 2.67. The van der Waals surface area contributed by atoms with Crippen molar-refractivity contribution in [2.24, 2.45) is 0 Å². The molecule has 0 aromatic carbocycles. The van der Waals surface area contributed by atoms with Gasteiger partial charge in [-0.25, -0.2) is 0 Å². The number of alkyl halides is 4. The summed E-state index contributed by atoms with van der Waals surface area (Å²) in [6, 6.07) is 1.02. The molecule has 6 heteroatoms. The molecule has 0 saturated heterocycles. The molecule has 16 heavy (non-hydrogen) atoms. The summed E-state index contributed by atoms with van der Waals surface area (Å²) in [5.41, 5.74) is 0.211. The molecule has 86 valence electrons. The molecule has 1 aliphatic rings. The summed E-state index contributed by atoms with van der Waals surface area (Å²) in [5, 5.41) is 5.64. The number of halogens is 4. The molecule has 0 radical (unpaired) electrons. The van der Waals surface area contributed by atoms with Crippen LogP contribution in [0.2, 0.25) is 0 Å². The predicted molar refractivity (Wildman–Crippen MR) is 58.0 cm³/mol. The predicted octanol–water partition coefficient (Wildman–Crippen LogP) is 3.54. The zero-order chi connectivity index (χ0) is 11.8. The zero-order valence-electron chi connectivity index (χ0n) is 8.05. The molecule has 1 aromatic rings. The molecule has 0 aliphatic heterocycles. The van der Waals surface area contributed by atoms with Crippen LogP contribution in [0.1, 0.15) is 17.8 Å². The molecule has 2 rings (SSSR count). The van der Waals surface area contributed by atoms with E-state index in [9.17, 15) is 13.2 Å². The van der Waals surface area contributed by atoms with Crippen molar-refractivity contribution in [3.05, 3.63) is 35.7 Å². The van der Waals surface area contributed by atoms with E-state index in [-0.39, 0.29) is 4.83 Å². The number of aromatic amines is 1. The highest BCUT2D eigenvalue weighted by Gasteiger charge is 2.33. The molecular formula is C10H8BrF3N2. The van der Waals surface area contributed by atoms with E-state index in [0.717, 1.165) is 12.5 Å². The van der Waals surface area contributed by atoms with Crippen LogP contribution in [0.5, 0.6) is 0 Å². The SMILES string of the molecule is FC(F)(F)c1cc(C2=CCC(Br)C=C2)n[nH]1. The zero-order valence-corrected chi connectivity index (χ0v) is 9.64. The van der Waals surface area contributed by atoms with Gasteiger partial charge in [0.25, 0.3) is 0 Å². The molecule has 0 spiro atoms. The van der Waals surface area contributed by atoms with E-state index in [4.69, 9.17) is 0 Å². The molecule has 2 nitrogen and oxygen atoms in total.